The molecule has 0 saturated carbocycles. The zero-order chi connectivity index (χ0) is 33.0. The fourth-order valence-electron chi connectivity index (χ4n) is 4.92. The average Bonchev–Trinajstić information content (AvgIpc) is 2.96. The van der Waals surface area contributed by atoms with E-state index in [0.717, 1.165) is 38.5 Å². The highest BCUT2D eigenvalue weighted by molar-refractivity contribution is 7.46. The van der Waals surface area contributed by atoms with Crippen LogP contribution in [0, 0.1) is 0 Å². The van der Waals surface area contributed by atoms with Crippen LogP contribution < -0.4 is 0 Å². The van der Waals surface area contributed by atoms with Crippen LogP contribution in [0.3, 0.4) is 0 Å². The largest absolute Gasteiger partial charge is 0.496 e. The van der Waals surface area contributed by atoms with Crippen LogP contribution in [0.5, 0.6) is 0 Å². The second-order valence-corrected chi connectivity index (χ2v) is 14.2. The fraction of sp³-hybridized carbons (Fsp3) is 1.00. The van der Waals surface area contributed by atoms with E-state index in [1.165, 1.54) is 141 Å². The number of phosphoric acid groups is 2. The number of hydrogen-bond acceptors (Lipinski definition) is 6. The van der Waals surface area contributed by atoms with E-state index in [4.69, 9.17) is 19.6 Å². The molecule has 44 heavy (non-hydrogen) atoms. The van der Waals surface area contributed by atoms with Gasteiger partial charge in [0.25, 0.3) is 0 Å². The molecule has 0 aromatic rings. The van der Waals surface area contributed by atoms with Crippen molar-refractivity contribution in [2.45, 2.75) is 194 Å². The molecule has 268 valence electrons. The van der Waals surface area contributed by atoms with Gasteiger partial charge in [-0.3, -0.25) is 0 Å². The van der Waals surface area contributed by atoms with Crippen molar-refractivity contribution in [3.05, 3.63) is 0 Å². The minimum Gasteiger partial charge on any atom is -0.301 e. The summed E-state index contributed by atoms with van der Waals surface area (Å²) in [5.74, 6) is 0. The molecule has 0 rings (SSSR count). The van der Waals surface area contributed by atoms with Crippen molar-refractivity contribution in [2.24, 2.45) is 0 Å². The Kier molecular flexibility index (Phi) is 37.8. The molecule has 0 atom stereocenters. The normalized spacial score (nSPS) is 12.0. The summed E-state index contributed by atoms with van der Waals surface area (Å²) in [4.78, 5) is 42.5. The van der Waals surface area contributed by atoms with Gasteiger partial charge in [-0.15, -0.1) is 9.35 Å². The van der Waals surface area contributed by atoms with Crippen LogP contribution in [0.15, 0.2) is 0 Å². The molecular formula is C32H70O10P2. The van der Waals surface area contributed by atoms with E-state index in [1.807, 2.05) is 0 Å². The third-order valence-corrected chi connectivity index (χ3v) is 8.06. The summed E-state index contributed by atoms with van der Waals surface area (Å²) in [6.07, 6.45) is 35.6. The predicted octanol–water partition coefficient (Wildman–Crippen LogP) is 11.0. The second-order valence-electron chi connectivity index (χ2n) is 12.0. The monoisotopic (exact) mass is 676 g/mol. The van der Waals surface area contributed by atoms with Crippen LogP contribution in [0.2, 0.25) is 0 Å². The van der Waals surface area contributed by atoms with Gasteiger partial charge >= 0.3 is 15.6 Å². The molecule has 0 bridgehead atoms. The molecule has 0 aliphatic carbocycles. The van der Waals surface area contributed by atoms with Gasteiger partial charge < -0.3 is 19.6 Å². The lowest BCUT2D eigenvalue weighted by Gasteiger charge is -2.05. The Hall–Kier alpha value is 0.140. The first-order valence-electron chi connectivity index (χ1n) is 17.9. The molecule has 0 aromatic heterocycles. The van der Waals surface area contributed by atoms with E-state index < -0.39 is 15.6 Å². The third-order valence-electron chi connectivity index (χ3n) is 7.46. The summed E-state index contributed by atoms with van der Waals surface area (Å²) in [5, 5.41) is 0. The van der Waals surface area contributed by atoms with Gasteiger partial charge in [-0.25, -0.2) is 18.9 Å². The Bertz CT molecular complexity index is 589. The number of hydrogen-bond donors (Lipinski definition) is 4. The van der Waals surface area contributed by atoms with Crippen molar-refractivity contribution in [2.75, 3.05) is 13.2 Å². The lowest BCUT2D eigenvalue weighted by Crippen LogP contribution is -1.95. The zero-order valence-electron chi connectivity index (χ0n) is 28.3. The van der Waals surface area contributed by atoms with Gasteiger partial charge in [0, 0.05) is 0 Å². The SMILES string of the molecule is CCCCCCCCCCCCCCCCOOP(=O)(O)O.CCCCCCCCCCCCCCCCOOP(=O)(O)O. The van der Waals surface area contributed by atoms with E-state index in [9.17, 15) is 9.13 Å². The first-order valence-corrected chi connectivity index (χ1v) is 20.9. The molecule has 0 saturated heterocycles. The molecule has 0 aliphatic heterocycles. The molecule has 10 nitrogen and oxygen atoms in total. The number of rotatable bonds is 34. The maximum absolute atomic E-state index is 10.3. The standard InChI is InChI=1S/2C16H35O5P/c2*1-2-3-4-5-6-7-8-9-10-11-12-13-14-15-16-20-21-22(17,18)19/h2*2-16H2,1H3,(H2,17,18,19). The van der Waals surface area contributed by atoms with Gasteiger partial charge in [0.15, 0.2) is 0 Å². The van der Waals surface area contributed by atoms with E-state index in [1.54, 1.807) is 0 Å². The Balaban J connectivity index is 0. The Morgan fingerprint density at radius 1 is 0.341 bits per heavy atom. The van der Waals surface area contributed by atoms with Gasteiger partial charge in [-0.05, 0) is 12.8 Å². The van der Waals surface area contributed by atoms with Gasteiger partial charge in [0.2, 0.25) is 0 Å². The lowest BCUT2D eigenvalue weighted by molar-refractivity contribution is -0.222. The summed E-state index contributed by atoms with van der Waals surface area (Å²) in [6.45, 7) is 4.98. The van der Waals surface area contributed by atoms with E-state index in [2.05, 4.69) is 33.0 Å². The van der Waals surface area contributed by atoms with Crippen LogP contribution in [0.1, 0.15) is 194 Å². The van der Waals surface area contributed by atoms with Crippen molar-refractivity contribution < 1.29 is 47.8 Å². The van der Waals surface area contributed by atoms with E-state index >= 15 is 0 Å². The molecule has 0 amide bonds. The van der Waals surface area contributed by atoms with Crippen molar-refractivity contribution in [1.29, 1.82) is 0 Å². The van der Waals surface area contributed by atoms with Gasteiger partial charge in [-0.2, -0.15) is 0 Å². The van der Waals surface area contributed by atoms with Crippen molar-refractivity contribution in [1.82, 2.24) is 0 Å². The van der Waals surface area contributed by atoms with Gasteiger partial charge in [0.1, 0.15) is 0 Å². The smallest absolute Gasteiger partial charge is 0.301 e. The van der Waals surface area contributed by atoms with Gasteiger partial charge in [-0.1, -0.05) is 181 Å². The first kappa shape index (κ1) is 46.3. The summed E-state index contributed by atoms with van der Waals surface area (Å²) in [7, 11) is -8.95. The Labute approximate surface area is 270 Å². The van der Waals surface area contributed by atoms with Crippen molar-refractivity contribution >= 4 is 15.6 Å². The second kappa shape index (κ2) is 36.0. The highest BCUT2D eigenvalue weighted by atomic mass is 31.2. The Morgan fingerprint density at radius 3 is 0.705 bits per heavy atom. The molecule has 0 spiro atoms. The number of unbranched alkanes of at least 4 members (excludes halogenated alkanes) is 26. The summed E-state index contributed by atoms with van der Waals surface area (Å²) in [6, 6.07) is 0. The first-order chi connectivity index (χ1) is 21.1. The molecule has 0 unspecified atom stereocenters. The lowest BCUT2D eigenvalue weighted by atomic mass is 10.0. The van der Waals surface area contributed by atoms with Crippen LogP contribution >= 0.6 is 15.6 Å². The Morgan fingerprint density at radius 2 is 0.523 bits per heavy atom. The fourth-order valence-corrected chi connectivity index (χ4v) is 5.35. The molecule has 0 aliphatic rings. The quantitative estimate of drug-likeness (QED) is 0.0224. The van der Waals surface area contributed by atoms with Crippen LogP contribution in [0.4, 0.5) is 0 Å². The molecular weight excluding hydrogens is 606 g/mol. The zero-order valence-corrected chi connectivity index (χ0v) is 30.1. The van der Waals surface area contributed by atoms with Crippen molar-refractivity contribution in [3.8, 4) is 0 Å². The summed E-state index contributed by atoms with van der Waals surface area (Å²) >= 11 is 0. The minimum atomic E-state index is -4.48. The maximum Gasteiger partial charge on any atom is 0.496 e. The molecule has 0 radical (unpaired) electrons. The molecule has 0 fully saturated rings. The van der Waals surface area contributed by atoms with Crippen LogP contribution in [0.25, 0.3) is 0 Å². The minimum absolute atomic E-state index is 0.239. The summed E-state index contributed by atoms with van der Waals surface area (Å²) in [5.41, 5.74) is 0. The van der Waals surface area contributed by atoms with E-state index in [0.29, 0.717) is 0 Å². The molecule has 0 aromatic carbocycles. The highest BCUT2D eigenvalue weighted by Gasteiger charge is 2.15. The summed E-state index contributed by atoms with van der Waals surface area (Å²) < 4.78 is 28.5. The average molecular weight is 677 g/mol. The van der Waals surface area contributed by atoms with E-state index in [-0.39, 0.29) is 13.2 Å². The van der Waals surface area contributed by atoms with Crippen LogP contribution in [-0.4, -0.2) is 32.8 Å². The maximum atomic E-state index is 10.3. The third kappa shape index (κ3) is 49.0. The molecule has 4 N–H and O–H groups in total. The van der Waals surface area contributed by atoms with Gasteiger partial charge in [0.05, 0.1) is 13.2 Å². The highest BCUT2D eigenvalue weighted by Crippen LogP contribution is 2.36. The molecule has 12 heteroatoms. The van der Waals surface area contributed by atoms with Crippen LogP contribution in [-0.2, 0) is 28.3 Å². The van der Waals surface area contributed by atoms with Crippen molar-refractivity contribution in [3.63, 3.8) is 0 Å². The topological polar surface area (TPSA) is 152 Å². The molecule has 0 heterocycles. The predicted molar refractivity (Wildman–Crippen MR) is 179 cm³/mol.